The summed E-state index contributed by atoms with van der Waals surface area (Å²) in [7, 11) is 0. The topological polar surface area (TPSA) is 20.2 Å². The molecule has 0 spiro atoms. The summed E-state index contributed by atoms with van der Waals surface area (Å²) in [6.07, 6.45) is 0. The van der Waals surface area contributed by atoms with Crippen LogP contribution in [0.1, 0.15) is 0 Å². The zero-order valence-corrected chi connectivity index (χ0v) is 2.87. The first kappa shape index (κ1) is 4.25. The van der Waals surface area contributed by atoms with E-state index < -0.39 is 0 Å². The van der Waals surface area contributed by atoms with Crippen LogP contribution in [0.4, 0.5) is 0 Å². The standard InChI is InChI=1S/C2H4ClO/c3-1-2-4/h2,4H,1H2. The van der Waals surface area contributed by atoms with Gasteiger partial charge in [-0.1, -0.05) is 0 Å². The molecule has 0 amide bonds. The minimum absolute atomic E-state index is 0.222. The normalized spacial score (nSPS) is 7.50. The van der Waals surface area contributed by atoms with Crippen LogP contribution < -0.4 is 0 Å². The van der Waals surface area contributed by atoms with E-state index in [1.54, 1.807) is 0 Å². The molecule has 2 heteroatoms. The van der Waals surface area contributed by atoms with Gasteiger partial charge in [0.2, 0.25) is 0 Å². The van der Waals surface area contributed by atoms with Crippen LogP contribution >= 0.6 is 11.6 Å². The third-order valence-electron chi connectivity index (χ3n) is 0.0690. The highest BCUT2D eigenvalue weighted by Crippen LogP contribution is 1.70. The lowest BCUT2D eigenvalue weighted by molar-refractivity contribution is 0.404. The van der Waals surface area contributed by atoms with Gasteiger partial charge in [-0.3, -0.25) is 0 Å². The lowest BCUT2D eigenvalue weighted by Crippen LogP contribution is -1.64. The summed E-state index contributed by atoms with van der Waals surface area (Å²) in [6, 6.07) is 0. The molecule has 0 fully saturated rings. The number of halogens is 1. The molecule has 25 valence electrons. The molecule has 0 bridgehead atoms. The van der Waals surface area contributed by atoms with E-state index >= 15 is 0 Å². The molecule has 0 unspecified atom stereocenters. The number of hydrogen-bond donors (Lipinski definition) is 1. The molecule has 0 aliphatic carbocycles. The van der Waals surface area contributed by atoms with Crippen LogP contribution in [0.3, 0.4) is 0 Å². The van der Waals surface area contributed by atoms with Crippen LogP contribution in [0.15, 0.2) is 0 Å². The van der Waals surface area contributed by atoms with Crippen molar-refractivity contribution in [1.29, 1.82) is 0 Å². The van der Waals surface area contributed by atoms with Gasteiger partial charge in [0, 0.05) is 0 Å². The maximum Gasteiger partial charge on any atom is 0.0945 e. The van der Waals surface area contributed by atoms with Crippen molar-refractivity contribution in [1.82, 2.24) is 0 Å². The smallest absolute Gasteiger partial charge is 0.0945 e. The minimum atomic E-state index is 0.222. The van der Waals surface area contributed by atoms with Crippen molar-refractivity contribution >= 4 is 11.6 Å². The summed E-state index contributed by atoms with van der Waals surface area (Å²) in [5, 5.41) is 7.62. The van der Waals surface area contributed by atoms with E-state index in [-0.39, 0.29) is 5.88 Å². The fourth-order valence-corrected chi connectivity index (χ4v) is 0. The molecule has 0 saturated carbocycles. The number of alkyl halides is 1. The number of rotatable bonds is 1. The van der Waals surface area contributed by atoms with E-state index in [0.717, 1.165) is 6.61 Å². The van der Waals surface area contributed by atoms with Gasteiger partial charge >= 0.3 is 0 Å². The first-order valence-electron chi connectivity index (χ1n) is 0.934. The number of aliphatic hydroxyl groups is 1. The minimum Gasteiger partial charge on any atom is -0.389 e. The lowest BCUT2D eigenvalue weighted by Gasteiger charge is -1.65. The van der Waals surface area contributed by atoms with Gasteiger partial charge in [-0.25, -0.2) is 0 Å². The molecule has 0 rings (SSSR count). The zero-order chi connectivity index (χ0) is 3.41. The number of aliphatic hydroxyl groups excluding tert-OH is 1. The molecule has 0 aliphatic heterocycles. The fourth-order valence-electron chi connectivity index (χ4n) is 0. The summed E-state index contributed by atoms with van der Waals surface area (Å²) in [5.74, 6) is 0.222. The van der Waals surface area contributed by atoms with Gasteiger partial charge in [0.05, 0.1) is 12.5 Å². The van der Waals surface area contributed by atoms with Gasteiger partial charge in [0.15, 0.2) is 0 Å². The second-order valence-electron chi connectivity index (χ2n) is 0.337. The monoisotopic (exact) mass is 79.0 g/mol. The van der Waals surface area contributed by atoms with E-state index in [1.807, 2.05) is 0 Å². The van der Waals surface area contributed by atoms with Gasteiger partial charge in [-0.05, 0) is 0 Å². The molecular weight excluding hydrogens is 75.5 g/mol. The Morgan fingerprint density at radius 3 is 2.25 bits per heavy atom. The van der Waals surface area contributed by atoms with Crippen LogP contribution in [0, 0.1) is 6.61 Å². The summed E-state index contributed by atoms with van der Waals surface area (Å²) in [6.45, 7) is 0.890. The molecule has 0 aromatic heterocycles. The van der Waals surface area contributed by atoms with Crippen molar-refractivity contribution in [2.24, 2.45) is 0 Å². The van der Waals surface area contributed by atoms with Gasteiger partial charge in [-0.15, -0.1) is 11.6 Å². The Hall–Kier alpha value is 0.250. The molecule has 4 heavy (non-hydrogen) atoms. The van der Waals surface area contributed by atoms with E-state index in [2.05, 4.69) is 0 Å². The Kier molecular flexibility index (Phi) is 3.45. The SMILES string of the molecule is O[CH]CCl. The third kappa shape index (κ3) is 2.25. The van der Waals surface area contributed by atoms with Gasteiger partial charge < -0.3 is 5.11 Å². The Morgan fingerprint density at radius 1 is 2.00 bits per heavy atom. The highest BCUT2D eigenvalue weighted by Gasteiger charge is 1.61. The predicted molar refractivity (Wildman–Crippen MR) is 17.0 cm³/mol. The summed E-state index contributed by atoms with van der Waals surface area (Å²) < 4.78 is 0. The van der Waals surface area contributed by atoms with Gasteiger partial charge in [-0.2, -0.15) is 0 Å². The highest BCUT2D eigenvalue weighted by atomic mass is 35.5. The molecule has 0 aromatic carbocycles. The molecule has 0 aromatic rings. The van der Waals surface area contributed by atoms with Crippen LogP contribution in [0.5, 0.6) is 0 Å². The van der Waals surface area contributed by atoms with E-state index in [0.29, 0.717) is 0 Å². The number of hydrogen-bond acceptors (Lipinski definition) is 1. The van der Waals surface area contributed by atoms with Crippen LogP contribution in [0.25, 0.3) is 0 Å². The molecule has 1 nitrogen and oxygen atoms in total. The van der Waals surface area contributed by atoms with Crippen molar-refractivity contribution in [3.05, 3.63) is 6.61 Å². The van der Waals surface area contributed by atoms with Crippen molar-refractivity contribution in [2.75, 3.05) is 5.88 Å². The van der Waals surface area contributed by atoms with Crippen molar-refractivity contribution < 1.29 is 5.11 Å². The Bertz CT molecular complexity index is 8.00. The first-order chi connectivity index (χ1) is 1.91. The van der Waals surface area contributed by atoms with Crippen LogP contribution in [-0.4, -0.2) is 11.0 Å². The third-order valence-corrected chi connectivity index (χ3v) is 0.207. The van der Waals surface area contributed by atoms with Crippen molar-refractivity contribution in [3.8, 4) is 0 Å². The zero-order valence-electron chi connectivity index (χ0n) is 2.11. The fraction of sp³-hybridized carbons (Fsp3) is 0.500. The van der Waals surface area contributed by atoms with Crippen molar-refractivity contribution in [2.45, 2.75) is 0 Å². The summed E-state index contributed by atoms with van der Waals surface area (Å²) in [4.78, 5) is 0. The molecule has 1 N–H and O–H groups in total. The average molecular weight is 79.5 g/mol. The highest BCUT2D eigenvalue weighted by molar-refractivity contribution is 6.18. The van der Waals surface area contributed by atoms with Crippen molar-refractivity contribution in [3.63, 3.8) is 0 Å². The van der Waals surface area contributed by atoms with E-state index in [9.17, 15) is 0 Å². The maximum atomic E-state index is 7.62. The van der Waals surface area contributed by atoms with Gasteiger partial charge in [0.1, 0.15) is 0 Å². The van der Waals surface area contributed by atoms with Crippen LogP contribution in [-0.2, 0) is 0 Å². The molecular formula is C2H4ClO. The lowest BCUT2D eigenvalue weighted by atomic mass is 10.9. The van der Waals surface area contributed by atoms with E-state index in [4.69, 9.17) is 16.7 Å². The Morgan fingerprint density at radius 2 is 2.25 bits per heavy atom. The first-order valence-corrected chi connectivity index (χ1v) is 1.47. The predicted octanol–water partition coefficient (Wildman–Crippen LogP) is 0.759. The molecule has 1 radical (unpaired) electrons. The second-order valence-corrected chi connectivity index (χ2v) is 0.645. The maximum absolute atomic E-state index is 7.62. The molecule has 0 heterocycles. The largest absolute Gasteiger partial charge is 0.389 e. The Labute approximate surface area is 30.2 Å². The molecule has 0 atom stereocenters. The quantitative estimate of drug-likeness (QED) is 0.460. The second kappa shape index (κ2) is 3.25. The Balaban J connectivity index is 1.97. The molecule has 0 aliphatic rings. The summed E-state index contributed by atoms with van der Waals surface area (Å²) >= 11 is 4.88. The molecule has 0 saturated heterocycles. The van der Waals surface area contributed by atoms with Gasteiger partial charge in [0.25, 0.3) is 0 Å². The van der Waals surface area contributed by atoms with Crippen LogP contribution in [0.2, 0.25) is 0 Å². The average Bonchev–Trinajstić information content (AvgIpc) is 1.37. The summed E-state index contributed by atoms with van der Waals surface area (Å²) in [5.41, 5.74) is 0. The van der Waals surface area contributed by atoms with E-state index in [1.165, 1.54) is 0 Å².